The Morgan fingerprint density at radius 2 is 2.12 bits per heavy atom. The summed E-state index contributed by atoms with van der Waals surface area (Å²) >= 11 is 4.65. The molecule has 0 aliphatic heterocycles. The first kappa shape index (κ1) is 13.8. The van der Waals surface area contributed by atoms with Crippen molar-refractivity contribution in [2.75, 3.05) is 17.6 Å². The number of nitrogens with two attached hydrogens (primary N) is 2. The zero-order chi connectivity index (χ0) is 13.1. The Morgan fingerprint density at radius 1 is 1.47 bits per heavy atom. The predicted molar refractivity (Wildman–Crippen MR) is 68.8 cm³/mol. The highest BCUT2D eigenvalue weighted by Crippen LogP contribution is 2.14. The molecule has 0 aromatic heterocycles. The number of primary sulfonamides is 1. The normalized spacial score (nSPS) is 11.2. The zero-order valence-corrected chi connectivity index (χ0v) is 10.4. The molecule has 5 nitrogen and oxygen atoms in total. The minimum atomic E-state index is -3.52. The van der Waals surface area contributed by atoms with Crippen molar-refractivity contribution in [3.05, 3.63) is 29.6 Å². The number of thiocarbonyl (C=S) groups is 1. The molecule has 0 bridgehead atoms. The van der Waals surface area contributed by atoms with Gasteiger partial charge in [-0.2, -0.15) is 0 Å². The summed E-state index contributed by atoms with van der Waals surface area (Å²) in [7, 11) is -3.52. The van der Waals surface area contributed by atoms with Gasteiger partial charge >= 0.3 is 0 Å². The molecule has 5 N–H and O–H groups in total. The molecule has 0 amide bonds. The van der Waals surface area contributed by atoms with E-state index in [1.54, 1.807) is 6.07 Å². The fourth-order valence-corrected chi connectivity index (χ4v) is 1.71. The van der Waals surface area contributed by atoms with Crippen LogP contribution in [-0.4, -0.2) is 25.7 Å². The van der Waals surface area contributed by atoms with Crippen LogP contribution in [0.4, 0.5) is 10.1 Å². The van der Waals surface area contributed by atoms with Crippen LogP contribution < -0.4 is 16.2 Å². The van der Waals surface area contributed by atoms with E-state index in [0.717, 1.165) is 0 Å². The van der Waals surface area contributed by atoms with Crippen LogP contribution in [0.2, 0.25) is 0 Å². The van der Waals surface area contributed by atoms with Gasteiger partial charge in [-0.25, -0.2) is 17.9 Å². The maximum Gasteiger partial charge on any atom is 0.210 e. The molecule has 0 spiro atoms. The molecule has 0 saturated heterocycles. The van der Waals surface area contributed by atoms with Gasteiger partial charge in [-0.15, -0.1) is 0 Å². The average Bonchev–Trinajstić information content (AvgIpc) is 2.15. The van der Waals surface area contributed by atoms with Gasteiger partial charge in [-0.1, -0.05) is 12.2 Å². The molecular formula is C9H12FN3O2S2. The Morgan fingerprint density at radius 3 is 2.59 bits per heavy atom. The standard InChI is InChI=1S/C9H12FN3O2S2/c10-8-5-6(1-2-7(8)9(11)16)13-3-4-17(12,14)15/h1-2,5,13H,3-4H2,(H2,11,16)(H2,12,14,15). The lowest BCUT2D eigenvalue weighted by atomic mass is 10.2. The maximum absolute atomic E-state index is 13.4. The quantitative estimate of drug-likeness (QED) is 0.666. The first-order valence-electron chi connectivity index (χ1n) is 4.63. The molecule has 0 heterocycles. The van der Waals surface area contributed by atoms with Gasteiger partial charge in [-0.05, 0) is 18.2 Å². The number of anilines is 1. The van der Waals surface area contributed by atoms with Crippen LogP contribution in [0, 0.1) is 5.82 Å². The number of nitrogens with one attached hydrogen (secondary N) is 1. The number of rotatable bonds is 5. The number of hydrogen-bond donors (Lipinski definition) is 3. The second-order valence-corrected chi connectivity index (χ2v) is 5.53. The molecule has 0 fully saturated rings. The highest BCUT2D eigenvalue weighted by molar-refractivity contribution is 7.89. The van der Waals surface area contributed by atoms with Crippen molar-refractivity contribution in [2.24, 2.45) is 10.9 Å². The van der Waals surface area contributed by atoms with E-state index < -0.39 is 15.8 Å². The lowest BCUT2D eigenvalue weighted by Gasteiger charge is -2.07. The van der Waals surface area contributed by atoms with Gasteiger partial charge in [0.2, 0.25) is 10.0 Å². The second-order valence-electron chi connectivity index (χ2n) is 3.35. The number of hydrogen-bond acceptors (Lipinski definition) is 4. The summed E-state index contributed by atoms with van der Waals surface area (Å²) in [5, 5.41) is 7.54. The first-order chi connectivity index (χ1) is 7.79. The lowest BCUT2D eigenvalue weighted by molar-refractivity contribution is 0.598. The molecule has 1 rings (SSSR count). The predicted octanol–water partition coefficient (Wildman–Crippen LogP) is 0.160. The first-order valence-corrected chi connectivity index (χ1v) is 6.75. The molecule has 0 aliphatic carbocycles. The number of halogens is 1. The van der Waals surface area contributed by atoms with Gasteiger partial charge in [-0.3, -0.25) is 0 Å². The summed E-state index contributed by atoms with van der Waals surface area (Å²) < 4.78 is 34.7. The van der Waals surface area contributed by atoms with Crippen LogP contribution in [0.25, 0.3) is 0 Å². The Hall–Kier alpha value is -1.25. The minimum Gasteiger partial charge on any atom is -0.389 e. The van der Waals surface area contributed by atoms with Crippen LogP contribution in [0.3, 0.4) is 0 Å². The van der Waals surface area contributed by atoms with Crippen LogP contribution in [0.15, 0.2) is 18.2 Å². The van der Waals surface area contributed by atoms with E-state index in [-0.39, 0.29) is 22.8 Å². The van der Waals surface area contributed by atoms with Crippen LogP contribution in [0.5, 0.6) is 0 Å². The number of sulfonamides is 1. The molecule has 1 aromatic carbocycles. The summed E-state index contributed by atoms with van der Waals surface area (Å²) in [6.07, 6.45) is 0. The van der Waals surface area contributed by atoms with E-state index in [2.05, 4.69) is 17.5 Å². The SMILES string of the molecule is NC(=S)c1ccc(NCCS(N)(=O)=O)cc1F. The minimum absolute atomic E-state index is 0.0291. The largest absolute Gasteiger partial charge is 0.389 e. The molecule has 0 aliphatic rings. The fourth-order valence-electron chi connectivity index (χ4n) is 1.16. The van der Waals surface area contributed by atoms with Gasteiger partial charge < -0.3 is 11.1 Å². The third-order valence-corrected chi connectivity index (χ3v) is 2.94. The van der Waals surface area contributed by atoms with Crippen LogP contribution in [0.1, 0.15) is 5.56 Å². The number of benzene rings is 1. The molecule has 0 atom stereocenters. The monoisotopic (exact) mass is 277 g/mol. The van der Waals surface area contributed by atoms with Gasteiger partial charge in [0.15, 0.2) is 0 Å². The highest BCUT2D eigenvalue weighted by atomic mass is 32.2. The molecule has 1 aromatic rings. The van der Waals surface area contributed by atoms with Crippen molar-refractivity contribution in [1.82, 2.24) is 0 Å². The van der Waals surface area contributed by atoms with E-state index in [1.165, 1.54) is 12.1 Å². The third-order valence-electron chi connectivity index (χ3n) is 1.95. The van der Waals surface area contributed by atoms with Gasteiger partial charge in [0.05, 0.1) is 5.75 Å². The van der Waals surface area contributed by atoms with Gasteiger partial charge in [0, 0.05) is 17.8 Å². The summed E-state index contributed by atoms with van der Waals surface area (Å²) in [4.78, 5) is -0.0291. The molecule has 0 radical (unpaired) electrons. The van der Waals surface area contributed by atoms with E-state index in [0.29, 0.717) is 5.69 Å². The second kappa shape index (κ2) is 5.39. The van der Waals surface area contributed by atoms with Crippen molar-refractivity contribution >= 4 is 32.9 Å². The fraction of sp³-hybridized carbons (Fsp3) is 0.222. The Labute approximate surface area is 104 Å². The van der Waals surface area contributed by atoms with E-state index in [1.807, 2.05) is 0 Å². The maximum atomic E-state index is 13.4. The van der Waals surface area contributed by atoms with Crippen molar-refractivity contribution in [3.63, 3.8) is 0 Å². The molecule has 0 saturated carbocycles. The topological polar surface area (TPSA) is 98.2 Å². The third kappa shape index (κ3) is 4.63. The Kier molecular flexibility index (Phi) is 4.38. The Bertz CT molecular complexity index is 531. The lowest BCUT2D eigenvalue weighted by Crippen LogP contribution is -2.22. The van der Waals surface area contributed by atoms with E-state index in [9.17, 15) is 12.8 Å². The molecule has 94 valence electrons. The molecule has 8 heteroatoms. The summed E-state index contributed by atoms with van der Waals surface area (Å²) in [5.41, 5.74) is 5.88. The van der Waals surface area contributed by atoms with Crippen LogP contribution >= 0.6 is 12.2 Å². The van der Waals surface area contributed by atoms with E-state index in [4.69, 9.17) is 10.9 Å². The summed E-state index contributed by atoms with van der Waals surface area (Å²) in [6, 6.07) is 4.18. The van der Waals surface area contributed by atoms with Crippen molar-refractivity contribution < 1.29 is 12.8 Å². The smallest absolute Gasteiger partial charge is 0.210 e. The molecule has 0 unspecified atom stereocenters. The van der Waals surface area contributed by atoms with E-state index >= 15 is 0 Å². The van der Waals surface area contributed by atoms with Gasteiger partial charge in [0.25, 0.3) is 0 Å². The Balaban J connectivity index is 2.68. The van der Waals surface area contributed by atoms with Crippen LogP contribution in [-0.2, 0) is 10.0 Å². The molecular weight excluding hydrogens is 265 g/mol. The molecule has 17 heavy (non-hydrogen) atoms. The van der Waals surface area contributed by atoms with Crippen molar-refractivity contribution in [3.8, 4) is 0 Å². The van der Waals surface area contributed by atoms with Crippen molar-refractivity contribution in [2.45, 2.75) is 0 Å². The summed E-state index contributed by atoms with van der Waals surface area (Å²) in [6.45, 7) is 0.102. The van der Waals surface area contributed by atoms with Gasteiger partial charge in [0.1, 0.15) is 10.8 Å². The van der Waals surface area contributed by atoms with Crippen molar-refractivity contribution in [1.29, 1.82) is 0 Å². The summed E-state index contributed by atoms with van der Waals surface area (Å²) in [5.74, 6) is -0.788. The zero-order valence-electron chi connectivity index (χ0n) is 8.81. The average molecular weight is 277 g/mol. The highest BCUT2D eigenvalue weighted by Gasteiger charge is 2.06.